The standard InChI is InChI=1S/C11H16N2S.2ClH/c1-2-10(11-4-3-9-14-11)13-7-5-12-6-8-13;;/h2-4,9-10,12H,1,5-8H2;2*1H/t10-;;/m0../s1. The number of nitrogens with zero attached hydrogens (tertiary/aromatic N) is 1. The molecular weight excluding hydrogens is 263 g/mol. The fourth-order valence-electron chi connectivity index (χ4n) is 1.87. The normalized spacial score (nSPS) is 18.0. The van der Waals surface area contributed by atoms with Crippen LogP contribution in [0.5, 0.6) is 0 Å². The third-order valence-corrected chi connectivity index (χ3v) is 3.55. The molecule has 1 aromatic rings. The van der Waals surface area contributed by atoms with Crippen molar-refractivity contribution >= 4 is 36.2 Å². The molecule has 0 spiro atoms. The van der Waals surface area contributed by atoms with Crippen LogP contribution in [-0.4, -0.2) is 31.1 Å². The zero-order valence-corrected chi connectivity index (χ0v) is 11.5. The van der Waals surface area contributed by atoms with Gasteiger partial charge in [-0.15, -0.1) is 42.7 Å². The van der Waals surface area contributed by atoms with E-state index in [4.69, 9.17) is 0 Å². The zero-order valence-electron chi connectivity index (χ0n) is 9.09. The molecule has 92 valence electrons. The molecule has 16 heavy (non-hydrogen) atoms. The summed E-state index contributed by atoms with van der Waals surface area (Å²) in [5.41, 5.74) is 0. The Hall–Kier alpha value is -0.0600. The molecule has 1 saturated heterocycles. The first kappa shape index (κ1) is 15.9. The second-order valence-electron chi connectivity index (χ2n) is 3.48. The molecular formula is C11H18Cl2N2S. The quantitative estimate of drug-likeness (QED) is 0.857. The first-order valence-electron chi connectivity index (χ1n) is 5.02. The van der Waals surface area contributed by atoms with E-state index in [9.17, 15) is 0 Å². The summed E-state index contributed by atoms with van der Waals surface area (Å²) in [7, 11) is 0. The van der Waals surface area contributed by atoms with Crippen LogP contribution >= 0.6 is 36.2 Å². The molecule has 0 unspecified atom stereocenters. The summed E-state index contributed by atoms with van der Waals surface area (Å²) in [5, 5.41) is 5.50. The lowest BCUT2D eigenvalue weighted by Gasteiger charge is -2.32. The van der Waals surface area contributed by atoms with Crippen LogP contribution in [0, 0.1) is 0 Å². The fourth-order valence-corrected chi connectivity index (χ4v) is 2.72. The van der Waals surface area contributed by atoms with Gasteiger partial charge in [0.2, 0.25) is 0 Å². The number of piperazine rings is 1. The number of thiophene rings is 1. The van der Waals surface area contributed by atoms with E-state index in [0.717, 1.165) is 26.2 Å². The van der Waals surface area contributed by atoms with E-state index < -0.39 is 0 Å². The molecule has 1 fully saturated rings. The fraction of sp³-hybridized carbons (Fsp3) is 0.455. The van der Waals surface area contributed by atoms with Gasteiger partial charge in [0.25, 0.3) is 0 Å². The highest BCUT2D eigenvalue weighted by molar-refractivity contribution is 7.10. The highest BCUT2D eigenvalue weighted by Gasteiger charge is 2.19. The van der Waals surface area contributed by atoms with Gasteiger partial charge in [-0.3, -0.25) is 4.90 Å². The summed E-state index contributed by atoms with van der Waals surface area (Å²) in [4.78, 5) is 3.89. The molecule has 0 aromatic carbocycles. The summed E-state index contributed by atoms with van der Waals surface area (Å²) in [6.45, 7) is 8.36. The molecule has 0 saturated carbocycles. The van der Waals surface area contributed by atoms with Crippen molar-refractivity contribution in [1.29, 1.82) is 0 Å². The van der Waals surface area contributed by atoms with Gasteiger partial charge in [0.05, 0.1) is 6.04 Å². The van der Waals surface area contributed by atoms with Gasteiger partial charge in [-0.25, -0.2) is 0 Å². The largest absolute Gasteiger partial charge is 0.314 e. The molecule has 2 nitrogen and oxygen atoms in total. The molecule has 0 amide bonds. The topological polar surface area (TPSA) is 15.3 Å². The Labute approximate surface area is 114 Å². The molecule has 2 heterocycles. The van der Waals surface area contributed by atoms with Crippen molar-refractivity contribution in [2.24, 2.45) is 0 Å². The van der Waals surface area contributed by atoms with E-state index >= 15 is 0 Å². The second kappa shape index (κ2) is 8.09. The molecule has 0 bridgehead atoms. The average molecular weight is 281 g/mol. The molecule has 1 aliphatic heterocycles. The summed E-state index contributed by atoms with van der Waals surface area (Å²) in [6.07, 6.45) is 2.05. The third kappa shape index (κ3) is 3.75. The molecule has 1 aromatic heterocycles. The van der Waals surface area contributed by atoms with Gasteiger partial charge in [0.1, 0.15) is 0 Å². The second-order valence-corrected chi connectivity index (χ2v) is 4.46. The summed E-state index contributed by atoms with van der Waals surface area (Å²) < 4.78 is 0. The molecule has 1 aliphatic rings. The van der Waals surface area contributed by atoms with Crippen LogP contribution in [0.25, 0.3) is 0 Å². The minimum absolute atomic E-state index is 0. The number of halogens is 2. The minimum atomic E-state index is 0. The van der Waals surface area contributed by atoms with E-state index in [1.807, 2.05) is 11.3 Å². The Morgan fingerprint density at radius 2 is 2.06 bits per heavy atom. The van der Waals surface area contributed by atoms with Crippen molar-refractivity contribution in [2.45, 2.75) is 6.04 Å². The van der Waals surface area contributed by atoms with E-state index in [1.54, 1.807) is 0 Å². The Morgan fingerprint density at radius 1 is 1.38 bits per heavy atom. The van der Waals surface area contributed by atoms with Crippen LogP contribution < -0.4 is 5.32 Å². The Bertz CT molecular complexity index is 284. The van der Waals surface area contributed by atoms with Crippen molar-refractivity contribution in [3.63, 3.8) is 0 Å². The van der Waals surface area contributed by atoms with Gasteiger partial charge < -0.3 is 5.32 Å². The van der Waals surface area contributed by atoms with Gasteiger partial charge in [-0.1, -0.05) is 12.1 Å². The summed E-state index contributed by atoms with van der Waals surface area (Å²) in [6, 6.07) is 4.72. The predicted octanol–water partition coefficient (Wildman–Crippen LogP) is 2.72. The maximum atomic E-state index is 3.94. The highest BCUT2D eigenvalue weighted by Crippen LogP contribution is 2.25. The number of hydrogen-bond donors (Lipinski definition) is 1. The first-order valence-corrected chi connectivity index (χ1v) is 5.90. The van der Waals surface area contributed by atoms with Crippen molar-refractivity contribution in [2.75, 3.05) is 26.2 Å². The van der Waals surface area contributed by atoms with Crippen LogP contribution in [0.4, 0.5) is 0 Å². The van der Waals surface area contributed by atoms with E-state index in [-0.39, 0.29) is 24.8 Å². The van der Waals surface area contributed by atoms with Crippen molar-refractivity contribution in [1.82, 2.24) is 10.2 Å². The summed E-state index contributed by atoms with van der Waals surface area (Å²) >= 11 is 1.82. The monoisotopic (exact) mass is 280 g/mol. The lowest BCUT2D eigenvalue weighted by atomic mass is 10.2. The Morgan fingerprint density at radius 3 is 2.56 bits per heavy atom. The molecule has 1 N–H and O–H groups in total. The van der Waals surface area contributed by atoms with Crippen LogP contribution in [0.15, 0.2) is 30.2 Å². The van der Waals surface area contributed by atoms with Crippen molar-refractivity contribution in [3.05, 3.63) is 35.0 Å². The van der Waals surface area contributed by atoms with Crippen LogP contribution in [0.1, 0.15) is 10.9 Å². The molecule has 1 atom stereocenters. The maximum absolute atomic E-state index is 3.94. The van der Waals surface area contributed by atoms with Crippen LogP contribution in [-0.2, 0) is 0 Å². The number of nitrogens with one attached hydrogen (secondary N) is 1. The molecule has 5 heteroatoms. The predicted molar refractivity (Wildman–Crippen MR) is 76.2 cm³/mol. The SMILES string of the molecule is C=C[C@@H](c1cccs1)N1CCNCC1.Cl.Cl. The van der Waals surface area contributed by atoms with Gasteiger partial charge >= 0.3 is 0 Å². The van der Waals surface area contributed by atoms with Gasteiger partial charge in [-0.2, -0.15) is 0 Å². The lowest BCUT2D eigenvalue weighted by Crippen LogP contribution is -2.44. The third-order valence-electron chi connectivity index (χ3n) is 2.60. The molecule has 2 rings (SSSR count). The highest BCUT2D eigenvalue weighted by atomic mass is 35.5. The van der Waals surface area contributed by atoms with Gasteiger partial charge in [0, 0.05) is 31.1 Å². The molecule has 0 aliphatic carbocycles. The maximum Gasteiger partial charge on any atom is 0.0624 e. The Kier molecular flexibility index (Phi) is 8.06. The first-order chi connectivity index (χ1) is 6.92. The minimum Gasteiger partial charge on any atom is -0.314 e. The van der Waals surface area contributed by atoms with E-state index in [1.165, 1.54) is 4.88 Å². The van der Waals surface area contributed by atoms with Crippen molar-refractivity contribution < 1.29 is 0 Å². The summed E-state index contributed by atoms with van der Waals surface area (Å²) in [5.74, 6) is 0. The number of rotatable bonds is 3. The van der Waals surface area contributed by atoms with Crippen LogP contribution in [0.2, 0.25) is 0 Å². The number of hydrogen-bond acceptors (Lipinski definition) is 3. The zero-order chi connectivity index (χ0) is 9.80. The average Bonchev–Trinajstić information content (AvgIpc) is 2.74. The van der Waals surface area contributed by atoms with Gasteiger partial charge in [-0.05, 0) is 11.4 Å². The van der Waals surface area contributed by atoms with Gasteiger partial charge in [0.15, 0.2) is 0 Å². The lowest BCUT2D eigenvalue weighted by molar-refractivity contribution is 0.206. The van der Waals surface area contributed by atoms with E-state index in [2.05, 4.69) is 40.4 Å². The van der Waals surface area contributed by atoms with Crippen LogP contribution in [0.3, 0.4) is 0 Å². The smallest absolute Gasteiger partial charge is 0.0624 e. The van der Waals surface area contributed by atoms with E-state index in [0.29, 0.717) is 6.04 Å². The molecule has 0 radical (unpaired) electrons. The van der Waals surface area contributed by atoms with Crippen molar-refractivity contribution in [3.8, 4) is 0 Å². The Balaban J connectivity index is 0.00000112.